The molecular formula is C12H16O4. The number of carbonyl (C=O) groups is 2. The van der Waals surface area contributed by atoms with Gasteiger partial charge in [0.05, 0.1) is 18.9 Å². The Balaban J connectivity index is 1.97. The molecule has 2 bridgehead atoms. The number of carboxylic acid groups (broad SMARTS) is 1. The van der Waals surface area contributed by atoms with Gasteiger partial charge in [-0.2, -0.15) is 0 Å². The lowest BCUT2D eigenvalue weighted by Crippen LogP contribution is -2.35. The van der Waals surface area contributed by atoms with Crippen LogP contribution in [0.5, 0.6) is 0 Å². The van der Waals surface area contributed by atoms with Crippen molar-refractivity contribution in [2.24, 2.45) is 29.1 Å². The molecule has 4 nitrogen and oxygen atoms in total. The third-order valence-electron chi connectivity index (χ3n) is 5.11. The van der Waals surface area contributed by atoms with Crippen molar-refractivity contribution >= 4 is 11.9 Å². The van der Waals surface area contributed by atoms with Gasteiger partial charge >= 0.3 is 11.9 Å². The number of methoxy groups -OCH3 is 1. The average Bonchev–Trinajstić information content (AvgIpc) is 2.92. The molecule has 0 aromatic carbocycles. The zero-order chi connectivity index (χ0) is 11.5. The summed E-state index contributed by atoms with van der Waals surface area (Å²) in [6.07, 6.45) is 4.21. The molecule has 1 spiro atoms. The number of hydrogen-bond acceptors (Lipinski definition) is 3. The number of carboxylic acids is 1. The van der Waals surface area contributed by atoms with E-state index in [1.807, 2.05) is 0 Å². The lowest BCUT2D eigenvalue weighted by Gasteiger charge is -2.25. The van der Waals surface area contributed by atoms with Gasteiger partial charge in [-0.1, -0.05) is 0 Å². The Morgan fingerprint density at radius 1 is 1.19 bits per heavy atom. The fraction of sp³-hybridized carbons (Fsp3) is 0.833. The Morgan fingerprint density at radius 2 is 1.75 bits per heavy atom. The third kappa shape index (κ3) is 1.00. The molecule has 3 fully saturated rings. The molecule has 0 amide bonds. The predicted octanol–water partition coefficient (Wildman–Crippen LogP) is 1.30. The highest BCUT2D eigenvalue weighted by Gasteiger charge is 2.72. The van der Waals surface area contributed by atoms with Crippen molar-refractivity contribution in [2.45, 2.75) is 25.7 Å². The molecule has 88 valence electrons. The first-order chi connectivity index (χ1) is 7.62. The van der Waals surface area contributed by atoms with Crippen molar-refractivity contribution in [1.82, 2.24) is 0 Å². The summed E-state index contributed by atoms with van der Waals surface area (Å²) in [7, 11) is 1.35. The monoisotopic (exact) mass is 224 g/mol. The summed E-state index contributed by atoms with van der Waals surface area (Å²) in [5.41, 5.74) is 0.196. The van der Waals surface area contributed by atoms with Crippen molar-refractivity contribution in [2.75, 3.05) is 7.11 Å². The number of ether oxygens (including phenoxy) is 1. The van der Waals surface area contributed by atoms with Crippen LogP contribution in [0.4, 0.5) is 0 Å². The van der Waals surface area contributed by atoms with E-state index in [1.54, 1.807) is 0 Å². The summed E-state index contributed by atoms with van der Waals surface area (Å²) in [5, 5.41) is 9.30. The maximum atomic E-state index is 11.7. The SMILES string of the molecule is COC(=O)[C@@H]1[C@H](C(=O)O)[C@H]2CC[C@H]1C21CC1. The zero-order valence-corrected chi connectivity index (χ0v) is 9.31. The van der Waals surface area contributed by atoms with E-state index in [4.69, 9.17) is 4.74 Å². The fourth-order valence-electron chi connectivity index (χ4n) is 4.44. The topological polar surface area (TPSA) is 63.6 Å². The van der Waals surface area contributed by atoms with Gasteiger partial charge in [0, 0.05) is 0 Å². The number of esters is 1. The molecule has 0 heterocycles. The minimum atomic E-state index is -0.811. The molecule has 3 aliphatic rings. The first kappa shape index (κ1) is 10.1. The summed E-state index contributed by atoms with van der Waals surface area (Å²) < 4.78 is 4.79. The predicted molar refractivity (Wildman–Crippen MR) is 54.5 cm³/mol. The van der Waals surface area contributed by atoms with Crippen LogP contribution in [-0.2, 0) is 14.3 Å². The van der Waals surface area contributed by atoms with E-state index in [2.05, 4.69) is 0 Å². The van der Waals surface area contributed by atoms with Crippen LogP contribution in [0.25, 0.3) is 0 Å². The summed E-state index contributed by atoms with van der Waals surface area (Å²) >= 11 is 0. The molecule has 1 N–H and O–H groups in total. The zero-order valence-electron chi connectivity index (χ0n) is 9.31. The molecule has 0 aromatic rings. The van der Waals surface area contributed by atoms with Crippen LogP contribution in [0, 0.1) is 29.1 Å². The molecule has 4 atom stereocenters. The number of hydrogen-bond donors (Lipinski definition) is 1. The standard InChI is InChI=1S/C12H16O4/c1-16-11(15)9-7-3-2-6(8(9)10(13)14)12(7)4-5-12/h6-9H,2-5H2,1H3,(H,13,14)/t6-,7-,8-,9+/m1/s1. The van der Waals surface area contributed by atoms with E-state index in [-0.39, 0.29) is 29.1 Å². The maximum absolute atomic E-state index is 11.7. The Hall–Kier alpha value is -1.06. The molecule has 3 aliphatic carbocycles. The summed E-state index contributed by atoms with van der Waals surface area (Å²) in [6, 6.07) is 0. The Bertz CT molecular complexity index is 358. The van der Waals surface area contributed by atoms with Crippen molar-refractivity contribution in [3.8, 4) is 0 Å². The van der Waals surface area contributed by atoms with Gasteiger partial charge in [0.1, 0.15) is 0 Å². The Morgan fingerprint density at radius 3 is 2.19 bits per heavy atom. The molecule has 0 saturated heterocycles. The van der Waals surface area contributed by atoms with E-state index < -0.39 is 11.9 Å². The van der Waals surface area contributed by atoms with Crippen molar-refractivity contribution < 1.29 is 19.4 Å². The number of rotatable bonds is 2. The summed E-state index contributed by atoms with van der Waals surface area (Å²) in [6.45, 7) is 0. The molecule has 0 aromatic heterocycles. The second-order valence-corrected chi connectivity index (χ2v) is 5.44. The van der Waals surface area contributed by atoms with Crippen LogP contribution < -0.4 is 0 Å². The van der Waals surface area contributed by atoms with Gasteiger partial charge in [0.2, 0.25) is 0 Å². The lowest BCUT2D eigenvalue weighted by molar-refractivity contribution is -0.158. The second kappa shape index (κ2) is 2.99. The first-order valence-electron chi connectivity index (χ1n) is 5.92. The van der Waals surface area contributed by atoms with Crippen LogP contribution in [0.3, 0.4) is 0 Å². The van der Waals surface area contributed by atoms with E-state index >= 15 is 0 Å². The molecule has 3 saturated carbocycles. The minimum absolute atomic E-state index is 0.196. The van der Waals surface area contributed by atoms with Crippen LogP contribution in [-0.4, -0.2) is 24.2 Å². The average molecular weight is 224 g/mol. The largest absolute Gasteiger partial charge is 0.481 e. The quantitative estimate of drug-likeness (QED) is 0.718. The maximum Gasteiger partial charge on any atom is 0.309 e. The van der Waals surface area contributed by atoms with Crippen LogP contribution in [0.15, 0.2) is 0 Å². The molecule has 16 heavy (non-hydrogen) atoms. The molecule has 0 unspecified atom stereocenters. The third-order valence-corrected chi connectivity index (χ3v) is 5.11. The second-order valence-electron chi connectivity index (χ2n) is 5.44. The highest BCUT2D eigenvalue weighted by atomic mass is 16.5. The first-order valence-corrected chi connectivity index (χ1v) is 5.92. The van der Waals surface area contributed by atoms with Gasteiger partial charge in [-0.15, -0.1) is 0 Å². The van der Waals surface area contributed by atoms with Gasteiger partial charge in [-0.05, 0) is 42.9 Å². The van der Waals surface area contributed by atoms with Gasteiger partial charge in [-0.3, -0.25) is 9.59 Å². The Labute approximate surface area is 94.0 Å². The van der Waals surface area contributed by atoms with Gasteiger partial charge in [0.25, 0.3) is 0 Å². The van der Waals surface area contributed by atoms with Crippen LogP contribution in [0.2, 0.25) is 0 Å². The minimum Gasteiger partial charge on any atom is -0.481 e. The summed E-state index contributed by atoms with van der Waals surface area (Å²) in [5.74, 6) is -1.51. The van der Waals surface area contributed by atoms with E-state index in [0.29, 0.717) is 0 Å². The smallest absolute Gasteiger partial charge is 0.309 e. The lowest BCUT2D eigenvalue weighted by atomic mass is 9.79. The molecule has 4 heteroatoms. The van der Waals surface area contributed by atoms with E-state index in [0.717, 1.165) is 25.7 Å². The highest BCUT2D eigenvalue weighted by molar-refractivity contribution is 5.83. The van der Waals surface area contributed by atoms with Gasteiger partial charge in [-0.25, -0.2) is 0 Å². The van der Waals surface area contributed by atoms with Crippen molar-refractivity contribution in [3.05, 3.63) is 0 Å². The molecular weight excluding hydrogens is 208 g/mol. The van der Waals surface area contributed by atoms with E-state index in [1.165, 1.54) is 7.11 Å². The normalized spacial score (nSPS) is 42.3. The number of carbonyl (C=O) groups excluding carboxylic acids is 1. The highest BCUT2D eigenvalue weighted by Crippen LogP contribution is 2.74. The number of aliphatic carboxylic acids is 1. The molecule has 0 radical (unpaired) electrons. The van der Waals surface area contributed by atoms with Gasteiger partial charge < -0.3 is 9.84 Å². The molecule has 3 rings (SSSR count). The fourth-order valence-corrected chi connectivity index (χ4v) is 4.44. The van der Waals surface area contributed by atoms with Crippen molar-refractivity contribution in [1.29, 1.82) is 0 Å². The van der Waals surface area contributed by atoms with Crippen LogP contribution in [0.1, 0.15) is 25.7 Å². The van der Waals surface area contributed by atoms with Gasteiger partial charge in [0.15, 0.2) is 0 Å². The Kier molecular flexibility index (Phi) is 1.89. The van der Waals surface area contributed by atoms with E-state index in [9.17, 15) is 14.7 Å². The molecule has 0 aliphatic heterocycles. The summed E-state index contributed by atoms with van der Waals surface area (Å²) in [4.78, 5) is 23.1. The van der Waals surface area contributed by atoms with Crippen molar-refractivity contribution in [3.63, 3.8) is 0 Å². The van der Waals surface area contributed by atoms with Crippen LogP contribution >= 0.6 is 0 Å².